The van der Waals surface area contributed by atoms with Gasteiger partial charge in [-0.15, -0.1) is 0 Å². The van der Waals surface area contributed by atoms with Gasteiger partial charge in [0.2, 0.25) is 0 Å². The topological polar surface area (TPSA) is 30.5 Å². The van der Waals surface area contributed by atoms with E-state index < -0.39 is 0 Å². The molecule has 2 fully saturated rings. The molecule has 2 saturated heterocycles. The van der Waals surface area contributed by atoms with Crippen LogP contribution in [0.1, 0.15) is 34.6 Å². The summed E-state index contributed by atoms with van der Waals surface area (Å²) in [5, 5.41) is 3.39. The van der Waals surface area contributed by atoms with E-state index in [1.807, 2.05) is 0 Å². The second-order valence-electron chi connectivity index (χ2n) is 5.92. The minimum atomic E-state index is -0.194. The Morgan fingerprint density at radius 1 is 1.07 bits per heavy atom. The van der Waals surface area contributed by atoms with Gasteiger partial charge in [-0.05, 0) is 46.7 Å². The number of hydrogen-bond donors (Lipinski definition) is 1. The third kappa shape index (κ3) is 1.83. The average Bonchev–Trinajstić information content (AvgIpc) is 2.55. The minimum absolute atomic E-state index is 0.0417. The number of rotatable bonds is 1. The number of hydrogen-bond acceptors (Lipinski definition) is 3. The predicted molar refractivity (Wildman–Crippen MR) is 61.9 cm³/mol. The quantitative estimate of drug-likeness (QED) is 0.669. The zero-order valence-electron chi connectivity index (χ0n) is 10.5. The maximum atomic E-state index is 6.06. The normalized spacial score (nSPS) is 38.6. The molecule has 2 aliphatic heterocycles. The van der Waals surface area contributed by atoms with Gasteiger partial charge < -0.3 is 14.6 Å². The van der Waals surface area contributed by atoms with Gasteiger partial charge in [0.1, 0.15) is 0 Å². The van der Waals surface area contributed by atoms with Crippen LogP contribution in [0.3, 0.4) is 0 Å². The van der Waals surface area contributed by atoms with Gasteiger partial charge in [-0.1, -0.05) is 6.92 Å². The van der Waals surface area contributed by atoms with Crippen molar-refractivity contribution in [3.63, 3.8) is 0 Å². The Labute approximate surface area is 93.0 Å². The van der Waals surface area contributed by atoms with E-state index >= 15 is 0 Å². The van der Waals surface area contributed by atoms with E-state index in [9.17, 15) is 0 Å². The molecular weight excluding hydrogens is 189 g/mol. The molecule has 0 aliphatic carbocycles. The molecule has 0 aromatic rings. The fourth-order valence-electron chi connectivity index (χ4n) is 2.26. The van der Waals surface area contributed by atoms with Gasteiger partial charge in [-0.25, -0.2) is 0 Å². The molecule has 1 N–H and O–H groups in total. The summed E-state index contributed by atoms with van der Waals surface area (Å²) in [5.74, 6) is 1.13. The molecule has 2 atom stereocenters. The molecule has 4 heteroatoms. The highest BCUT2D eigenvalue weighted by Crippen LogP contribution is 2.42. The van der Waals surface area contributed by atoms with Crippen molar-refractivity contribution in [2.75, 3.05) is 13.1 Å². The van der Waals surface area contributed by atoms with Crippen LogP contribution in [-0.2, 0) is 9.31 Å². The second-order valence-corrected chi connectivity index (χ2v) is 5.92. The van der Waals surface area contributed by atoms with Gasteiger partial charge in [-0.2, -0.15) is 0 Å². The molecule has 0 radical (unpaired) electrons. The maximum Gasteiger partial charge on any atom is 0.462 e. The smallest absolute Gasteiger partial charge is 0.403 e. The molecule has 0 aromatic carbocycles. The Balaban J connectivity index is 2.09. The van der Waals surface area contributed by atoms with E-state index in [0.29, 0.717) is 11.7 Å². The molecule has 3 nitrogen and oxygen atoms in total. The van der Waals surface area contributed by atoms with Crippen molar-refractivity contribution in [2.24, 2.45) is 5.92 Å². The predicted octanol–water partition coefficient (Wildman–Crippen LogP) is 1.69. The molecular formula is C11H22BNO2. The maximum absolute atomic E-state index is 6.06. The van der Waals surface area contributed by atoms with Gasteiger partial charge in [0.05, 0.1) is 11.2 Å². The summed E-state index contributed by atoms with van der Waals surface area (Å²) < 4.78 is 12.1. The zero-order chi connectivity index (χ0) is 11.3. The summed E-state index contributed by atoms with van der Waals surface area (Å²) >= 11 is 0. The summed E-state index contributed by atoms with van der Waals surface area (Å²) in [7, 11) is -0.0417. The fourth-order valence-corrected chi connectivity index (χ4v) is 2.26. The van der Waals surface area contributed by atoms with Crippen LogP contribution >= 0.6 is 0 Å². The van der Waals surface area contributed by atoms with Crippen LogP contribution in [0.25, 0.3) is 0 Å². The number of nitrogens with one attached hydrogen (secondary N) is 1. The van der Waals surface area contributed by atoms with Crippen LogP contribution in [-0.4, -0.2) is 31.4 Å². The van der Waals surface area contributed by atoms with Crippen molar-refractivity contribution in [3.8, 4) is 0 Å². The van der Waals surface area contributed by atoms with Crippen LogP contribution in [0.2, 0.25) is 5.82 Å². The molecule has 86 valence electrons. The first-order valence-corrected chi connectivity index (χ1v) is 5.90. The first-order valence-electron chi connectivity index (χ1n) is 5.90. The minimum Gasteiger partial charge on any atom is -0.403 e. The SMILES string of the molecule is CC1CNCC1B1OC(C)(C)C(C)(C)O1. The molecule has 2 rings (SSSR count). The highest BCUT2D eigenvalue weighted by atomic mass is 16.7. The monoisotopic (exact) mass is 211 g/mol. The molecule has 2 unspecified atom stereocenters. The van der Waals surface area contributed by atoms with Gasteiger partial charge in [-0.3, -0.25) is 0 Å². The Morgan fingerprint density at radius 3 is 2.00 bits per heavy atom. The van der Waals surface area contributed by atoms with E-state index in [4.69, 9.17) is 9.31 Å². The average molecular weight is 211 g/mol. The van der Waals surface area contributed by atoms with Crippen molar-refractivity contribution < 1.29 is 9.31 Å². The Morgan fingerprint density at radius 2 is 1.60 bits per heavy atom. The first kappa shape index (κ1) is 11.4. The van der Waals surface area contributed by atoms with Crippen LogP contribution in [0, 0.1) is 5.92 Å². The molecule has 0 amide bonds. The molecule has 0 saturated carbocycles. The molecule has 15 heavy (non-hydrogen) atoms. The van der Waals surface area contributed by atoms with E-state index in [1.54, 1.807) is 0 Å². The Kier molecular flexibility index (Phi) is 2.65. The summed E-state index contributed by atoms with van der Waals surface area (Å²) in [4.78, 5) is 0. The summed E-state index contributed by atoms with van der Waals surface area (Å²) in [6, 6.07) is 0. The molecule has 2 aliphatic rings. The molecule has 0 bridgehead atoms. The summed E-state index contributed by atoms with van der Waals surface area (Å²) in [6.45, 7) is 12.8. The van der Waals surface area contributed by atoms with Crippen LogP contribution in [0.4, 0.5) is 0 Å². The highest BCUT2D eigenvalue weighted by molar-refractivity contribution is 6.47. The van der Waals surface area contributed by atoms with E-state index in [-0.39, 0.29) is 18.3 Å². The second kappa shape index (κ2) is 3.47. The van der Waals surface area contributed by atoms with Crippen molar-refractivity contribution >= 4 is 7.12 Å². The summed E-state index contributed by atoms with van der Waals surface area (Å²) in [6.07, 6.45) is 0. The summed E-state index contributed by atoms with van der Waals surface area (Å²) in [5.41, 5.74) is -0.389. The van der Waals surface area contributed by atoms with Crippen molar-refractivity contribution in [3.05, 3.63) is 0 Å². The lowest BCUT2D eigenvalue weighted by Gasteiger charge is -2.32. The lowest BCUT2D eigenvalue weighted by Crippen LogP contribution is -2.41. The van der Waals surface area contributed by atoms with Gasteiger partial charge in [0.15, 0.2) is 0 Å². The van der Waals surface area contributed by atoms with Crippen LogP contribution < -0.4 is 5.32 Å². The highest BCUT2D eigenvalue weighted by Gasteiger charge is 2.55. The van der Waals surface area contributed by atoms with Crippen molar-refractivity contribution in [2.45, 2.75) is 51.6 Å². The molecule has 0 spiro atoms. The first-order chi connectivity index (χ1) is 6.83. The van der Waals surface area contributed by atoms with E-state index in [0.717, 1.165) is 13.1 Å². The van der Waals surface area contributed by atoms with Gasteiger partial charge >= 0.3 is 7.12 Å². The standard InChI is InChI=1S/C11H22BNO2/c1-8-6-13-7-9(8)12-14-10(2,3)11(4,5)15-12/h8-9,13H,6-7H2,1-5H3. The third-order valence-corrected chi connectivity index (χ3v) is 4.20. The van der Waals surface area contributed by atoms with Crippen LogP contribution in [0.5, 0.6) is 0 Å². The van der Waals surface area contributed by atoms with Gasteiger partial charge in [0, 0.05) is 5.82 Å². The lowest BCUT2D eigenvalue weighted by atomic mass is 9.67. The van der Waals surface area contributed by atoms with E-state index in [2.05, 4.69) is 39.9 Å². The fraction of sp³-hybridized carbons (Fsp3) is 1.00. The van der Waals surface area contributed by atoms with Gasteiger partial charge in [0.25, 0.3) is 0 Å². The molecule has 0 aromatic heterocycles. The molecule has 2 heterocycles. The largest absolute Gasteiger partial charge is 0.462 e. The van der Waals surface area contributed by atoms with E-state index in [1.165, 1.54) is 0 Å². The third-order valence-electron chi connectivity index (χ3n) is 4.20. The Hall–Kier alpha value is -0.0551. The Bertz CT molecular complexity index is 239. The van der Waals surface area contributed by atoms with Crippen molar-refractivity contribution in [1.82, 2.24) is 5.32 Å². The lowest BCUT2D eigenvalue weighted by molar-refractivity contribution is 0.00578. The van der Waals surface area contributed by atoms with Crippen molar-refractivity contribution in [1.29, 1.82) is 0 Å². The van der Waals surface area contributed by atoms with Crippen LogP contribution in [0.15, 0.2) is 0 Å². The zero-order valence-corrected chi connectivity index (χ0v) is 10.5.